The lowest BCUT2D eigenvalue weighted by Crippen LogP contribution is -2.27. The molecular formula is C24H24F3N3O4. The number of anilines is 1. The van der Waals surface area contributed by atoms with Crippen LogP contribution in [0.25, 0.3) is 0 Å². The average Bonchev–Trinajstić information content (AvgIpc) is 2.81. The third-order valence-electron chi connectivity index (χ3n) is 4.87. The molecule has 0 unspecified atom stereocenters. The number of aryl methyl sites for hydroxylation is 1. The van der Waals surface area contributed by atoms with Crippen LogP contribution in [0.1, 0.15) is 23.6 Å². The molecule has 0 atom stereocenters. The molecule has 0 aliphatic rings. The smallest absolute Gasteiger partial charge is 0.482 e. The van der Waals surface area contributed by atoms with Gasteiger partial charge in [0.05, 0.1) is 0 Å². The van der Waals surface area contributed by atoms with Gasteiger partial charge < -0.3 is 19.5 Å². The Kier molecular flexibility index (Phi) is 8.29. The number of benzene rings is 2. The third-order valence-corrected chi connectivity index (χ3v) is 4.87. The van der Waals surface area contributed by atoms with Gasteiger partial charge >= 0.3 is 12.3 Å². The Morgan fingerprint density at radius 3 is 2.09 bits per heavy atom. The normalized spacial score (nSPS) is 11.2. The van der Waals surface area contributed by atoms with Crippen molar-refractivity contribution in [1.29, 1.82) is 0 Å². The lowest BCUT2D eigenvalue weighted by molar-refractivity contribution is -0.274. The maximum absolute atomic E-state index is 12.4. The van der Waals surface area contributed by atoms with Crippen molar-refractivity contribution in [2.75, 3.05) is 18.1 Å². The van der Waals surface area contributed by atoms with Gasteiger partial charge in [-0.05, 0) is 53.8 Å². The molecule has 0 bridgehead atoms. The highest BCUT2D eigenvalue weighted by Gasteiger charge is 2.31. The summed E-state index contributed by atoms with van der Waals surface area (Å²) >= 11 is 0. The molecule has 2 aromatic carbocycles. The van der Waals surface area contributed by atoms with E-state index in [1.165, 1.54) is 12.1 Å². The molecule has 1 heterocycles. The summed E-state index contributed by atoms with van der Waals surface area (Å²) in [6, 6.07) is 12.8. The van der Waals surface area contributed by atoms with Gasteiger partial charge in [-0.2, -0.15) is 0 Å². The number of rotatable bonds is 11. The first-order valence-corrected chi connectivity index (χ1v) is 10.6. The van der Waals surface area contributed by atoms with Crippen molar-refractivity contribution in [1.82, 2.24) is 9.97 Å². The molecule has 10 heteroatoms. The number of carboxylic acids is 1. The van der Waals surface area contributed by atoms with E-state index in [1.54, 1.807) is 36.7 Å². The molecule has 180 valence electrons. The lowest BCUT2D eigenvalue weighted by Gasteiger charge is -2.23. The summed E-state index contributed by atoms with van der Waals surface area (Å²) in [5.74, 6) is -0.361. The SMILES string of the molecule is CCc1cnc(N(CCc2ccc(OCC(=O)O)cc2)Cc2ccc(OC(F)(F)F)cc2)nc1. The van der Waals surface area contributed by atoms with Crippen LogP contribution < -0.4 is 14.4 Å². The molecule has 0 aliphatic heterocycles. The van der Waals surface area contributed by atoms with Gasteiger partial charge in [-0.15, -0.1) is 13.2 Å². The van der Waals surface area contributed by atoms with Crippen LogP contribution in [0.15, 0.2) is 60.9 Å². The monoisotopic (exact) mass is 475 g/mol. The van der Waals surface area contributed by atoms with Crippen LogP contribution in [-0.4, -0.2) is 40.6 Å². The van der Waals surface area contributed by atoms with Gasteiger partial charge in [0.1, 0.15) is 11.5 Å². The number of carbonyl (C=O) groups is 1. The van der Waals surface area contributed by atoms with Gasteiger partial charge in [0, 0.05) is 25.5 Å². The number of aliphatic carboxylic acids is 1. The van der Waals surface area contributed by atoms with Gasteiger partial charge in [0.25, 0.3) is 0 Å². The number of hydrogen-bond acceptors (Lipinski definition) is 6. The molecular weight excluding hydrogens is 451 g/mol. The quantitative estimate of drug-likeness (QED) is 0.432. The van der Waals surface area contributed by atoms with Crippen LogP contribution in [0.2, 0.25) is 0 Å². The van der Waals surface area contributed by atoms with Crippen LogP contribution in [0.4, 0.5) is 19.1 Å². The van der Waals surface area contributed by atoms with Gasteiger partial charge in [0.2, 0.25) is 5.95 Å². The molecule has 0 spiro atoms. The van der Waals surface area contributed by atoms with Gasteiger partial charge in [-0.3, -0.25) is 0 Å². The zero-order chi connectivity index (χ0) is 24.6. The minimum Gasteiger partial charge on any atom is -0.482 e. The predicted molar refractivity (Wildman–Crippen MR) is 119 cm³/mol. The fourth-order valence-corrected chi connectivity index (χ4v) is 3.12. The molecule has 1 aromatic heterocycles. The second-order valence-electron chi connectivity index (χ2n) is 7.43. The van der Waals surface area contributed by atoms with Crippen molar-refractivity contribution in [2.45, 2.75) is 32.7 Å². The Hall–Kier alpha value is -3.82. The highest BCUT2D eigenvalue weighted by Crippen LogP contribution is 2.24. The predicted octanol–water partition coefficient (Wildman–Crippen LogP) is 4.65. The molecule has 3 aromatic rings. The molecule has 0 fully saturated rings. The van der Waals surface area contributed by atoms with Crippen LogP contribution >= 0.6 is 0 Å². The summed E-state index contributed by atoms with van der Waals surface area (Å²) in [6.45, 7) is 2.52. The largest absolute Gasteiger partial charge is 0.573 e. The highest BCUT2D eigenvalue weighted by molar-refractivity contribution is 5.68. The number of nitrogens with zero attached hydrogens (tertiary/aromatic N) is 3. The minimum absolute atomic E-state index is 0.281. The van der Waals surface area contributed by atoms with Crippen LogP contribution in [-0.2, 0) is 24.2 Å². The summed E-state index contributed by atoms with van der Waals surface area (Å²) in [5.41, 5.74) is 2.76. The van der Waals surface area contributed by atoms with Gasteiger partial charge in [-0.1, -0.05) is 31.2 Å². The van der Waals surface area contributed by atoms with Crippen molar-refractivity contribution in [3.8, 4) is 11.5 Å². The first-order valence-electron chi connectivity index (χ1n) is 10.6. The van der Waals surface area contributed by atoms with Gasteiger partial charge in [-0.25, -0.2) is 14.8 Å². The Morgan fingerprint density at radius 2 is 1.53 bits per heavy atom. The molecule has 0 radical (unpaired) electrons. The number of carboxylic acid groups (broad SMARTS) is 1. The van der Waals surface area contributed by atoms with E-state index in [1.807, 2.05) is 24.0 Å². The van der Waals surface area contributed by atoms with E-state index in [-0.39, 0.29) is 5.75 Å². The molecule has 0 saturated carbocycles. The Morgan fingerprint density at radius 1 is 0.941 bits per heavy atom. The molecule has 7 nitrogen and oxygen atoms in total. The number of aromatic nitrogens is 2. The molecule has 1 N–H and O–H groups in total. The van der Waals surface area contributed by atoms with Crippen LogP contribution in [0, 0.1) is 0 Å². The molecule has 0 amide bonds. The topological polar surface area (TPSA) is 84.8 Å². The fourth-order valence-electron chi connectivity index (χ4n) is 3.12. The maximum atomic E-state index is 12.4. The number of halogens is 3. The van der Waals surface area contributed by atoms with Crippen molar-refractivity contribution in [3.63, 3.8) is 0 Å². The molecule has 0 saturated heterocycles. The molecule has 3 rings (SSSR count). The average molecular weight is 475 g/mol. The van der Waals surface area contributed by atoms with E-state index in [2.05, 4.69) is 14.7 Å². The van der Waals surface area contributed by atoms with Crippen molar-refractivity contribution >= 4 is 11.9 Å². The van der Waals surface area contributed by atoms with E-state index in [0.29, 0.717) is 31.2 Å². The van der Waals surface area contributed by atoms with Gasteiger partial charge in [0.15, 0.2) is 6.61 Å². The lowest BCUT2D eigenvalue weighted by atomic mass is 10.1. The van der Waals surface area contributed by atoms with Crippen molar-refractivity contribution < 1.29 is 32.5 Å². The highest BCUT2D eigenvalue weighted by atomic mass is 19.4. The third kappa shape index (κ3) is 7.95. The molecule has 34 heavy (non-hydrogen) atoms. The fraction of sp³-hybridized carbons (Fsp3) is 0.292. The number of alkyl halides is 3. The van der Waals surface area contributed by atoms with E-state index < -0.39 is 18.9 Å². The first-order chi connectivity index (χ1) is 16.2. The summed E-state index contributed by atoms with van der Waals surface area (Å²) in [6.07, 6.45) is 0.204. The Balaban J connectivity index is 1.70. The van der Waals surface area contributed by atoms with Crippen LogP contribution in [0.5, 0.6) is 11.5 Å². The standard InChI is InChI=1S/C24H24F3N3O4/c1-2-17-13-28-23(29-14-17)30(15-19-5-9-21(10-6-19)34-24(25,26)27)12-11-18-3-7-20(8-4-18)33-16-22(31)32/h3-10,13-14H,2,11-12,15-16H2,1H3,(H,31,32). The zero-order valence-electron chi connectivity index (χ0n) is 18.5. The molecule has 0 aliphatic carbocycles. The Labute approximate surface area is 194 Å². The van der Waals surface area contributed by atoms with E-state index in [9.17, 15) is 18.0 Å². The van der Waals surface area contributed by atoms with E-state index in [4.69, 9.17) is 9.84 Å². The second kappa shape index (κ2) is 11.4. The summed E-state index contributed by atoms with van der Waals surface area (Å²) in [4.78, 5) is 21.5. The minimum atomic E-state index is -4.74. The summed E-state index contributed by atoms with van der Waals surface area (Å²) < 4.78 is 46.3. The van der Waals surface area contributed by atoms with E-state index in [0.717, 1.165) is 23.1 Å². The number of hydrogen-bond donors (Lipinski definition) is 1. The summed E-state index contributed by atoms with van der Waals surface area (Å²) in [7, 11) is 0. The summed E-state index contributed by atoms with van der Waals surface area (Å²) in [5, 5.41) is 8.70. The van der Waals surface area contributed by atoms with Crippen molar-refractivity contribution in [2.24, 2.45) is 0 Å². The van der Waals surface area contributed by atoms with E-state index >= 15 is 0 Å². The second-order valence-corrected chi connectivity index (χ2v) is 7.43. The maximum Gasteiger partial charge on any atom is 0.573 e. The first kappa shape index (κ1) is 24.8. The zero-order valence-corrected chi connectivity index (χ0v) is 18.5. The van der Waals surface area contributed by atoms with Crippen molar-refractivity contribution in [3.05, 3.63) is 77.6 Å². The Bertz CT molecular complexity index is 1060. The number of ether oxygens (including phenoxy) is 2. The van der Waals surface area contributed by atoms with Crippen LogP contribution in [0.3, 0.4) is 0 Å².